The highest BCUT2D eigenvalue weighted by Gasteiger charge is 2.34. The van der Waals surface area contributed by atoms with Crippen molar-refractivity contribution in [3.8, 4) is 17.0 Å². The second-order valence-corrected chi connectivity index (χ2v) is 9.61. The zero-order valence-electron chi connectivity index (χ0n) is 21.3. The Morgan fingerprint density at radius 3 is 2.65 bits per heavy atom. The van der Waals surface area contributed by atoms with Gasteiger partial charge in [0.2, 0.25) is 0 Å². The van der Waals surface area contributed by atoms with Gasteiger partial charge in [-0.1, -0.05) is 19.6 Å². The molecule has 0 bridgehead atoms. The van der Waals surface area contributed by atoms with Gasteiger partial charge in [0.1, 0.15) is 11.9 Å². The standard InChI is InChI=1S/C30H33N5O2/c1-4-23(17-19(2)31-3)37-24-13-10-20(11-14-24)28-25-18-22(12-15-26(25)34-35-28)30(36)33-29(21-8-9-21)27-7-5-6-16-32-27/h5-7,10-16,18,21,23,29,31H,2,4,8-9,17H2,1,3H3,(H,33,36)(H,34,35). The van der Waals surface area contributed by atoms with Crippen molar-refractivity contribution in [2.45, 2.75) is 44.8 Å². The highest BCUT2D eigenvalue weighted by Crippen LogP contribution is 2.40. The number of hydrogen-bond donors (Lipinski definition) is 3. The predicted molar refractivity (Wildman–Crippen MR) is 146 cm³/mol. The third kappa shape index (κ3) is 5.66. The molecule has 2 aromatic carbocycles. The van der Waals surface area contributed by atoms with Crippen molar-refractivity contribution >= 4 is 16.8 Å². The molecule has 0 radical (unpaired) electrons. The van der Waals surface area contributed by atoms with Gasteiger partial charge < -0.3 is 15.4 Å². The van der Waals surface area contributed by atoms with Crippen LogP contribution in [0.5, 0.6) is 5.75 Å². The van der Waals surface area contributed by atoms with Gasteiger partial charge in [0.15, 0.2) is 0 Å². The van der Waals surface area contributed by atoms with Crippen LogP contribution in [-0.4, -0.2) is 34.2 Å². The number of pyridine rings is 1. The second kappa shape index (κ2) is 10.9. The number of benzene rings is 2. The summed E-state index contributed by atoms with van der Waals surface area (Å²) in [6.45, 7) is 6.11. The van der Waals surface area contributed by atoms with Crippen LogP contribution in [0.3, 0.4) is 0 Å². The fourth-order valence-corrected chi connectivity index (χ4v) is 4.55. The number of ether oxygens (including phenoxy) is 1. The molecule has 2 atom stereocenters. The van der Waals surface area contributed by atoms with Crippen molar-refractivity contribution in [2.24, 2.45) is 5.92 Å². The number of rotatable bonds is 11. The molecular formula is C30H33N5O2. The Morgan fingerprint density at radius 1 is 1.16 bits per heavy atom. The number of amides is 1. The highest BCUT2D eigenvalue weighted by molar-refractivity contribution is 6.01. The Hall–Kier alpha value is -4.13. The summed E-state index contributed by atoms with van der Waals surface area (Å²) in [5, 5.41) is 14.8. The lowest BCUT2D eigenvalue weighted by molar-refractivity contribution is 0.0931. The molecule has 190 valence electrons. The Labute approximate surface area is 217 Å². The summed E-state index contributed by atoms with van der Waals surface area (Å²) < 4.78 is 6.16. The lowest BCUT2D eigenvalue weighted by Gasteiger charge is -2.19. The van der Waals surface area contributed by atoms with E-state index in [0.717, 1.165) is 65.0 Å². The van der Waals surface area contributed by atoms with Gasteiger partial charge >= 0.3 is 0 Å². The van der Waals surface area contributed by atoms with Crippen LogP contribution >= 0.6 is 0 Å². The molecule has 0 aliphatic heterocycles. The van der Waals surface area contributed by atoms with Crippen LogP contribution in [0.4, 0.5) is 0 Å². The smallest absolute Gasteiger partial charge is 0.251 e. The molecule has 1 fully saturated rings. The molecule has 4 aromatic rings. The van der Waals surface area contributed by atoms with Gasteiger partial charge in [-0.15, -0.1) is 0 Å². The van der Waals surface area contributed by atoms with Gasteiger partial charge in [0.05, 0.1) is 22.9 Å². The normalized spacial score (nSPS) is 14.6. The number of H-pyrrole nitrogens is 1. The number of fused-ring (bicyclic) bond motifs is 1. The summed E-state index contributed by atoms with van der Waals surface area (Å²) in [7, 11) is 1.87. The van der Waals surface area contributed by atoms with Gasteiger partial charge in [0.25, 0.3) is 5.91 Å². The molecule has 7 heteroatoms. The van der Waals surface area contributed by atoms with E-state index in [9.17, 15) is 4.79 Å². The number of nitrogens with one attached hydrogen (secondary N) is 3. The number of aromatic nitrogens is 3. The molecule has 1 amide bonds. The molecular weight excluding hydrogens is 462 g/mol. The zero-order valence-corrected chi connectivity index (χ0v) is 21.3. The van der Waals surface area contributed by atoms with E-state index in [1.54, 1.807) is 6.20 Å². The second-order valence-electron chi connectivity index (χ2n) is 9.61. The van der Waals surface area contributed by atoms with Crippen molar-refractivity contribution < 1.29 is 9.53 Å². The minimum atomic E-state index is -0.103. The minimum absolute atomic E-state index is 0.0589. The molecule has 1 aliphatic carbocycles. The highest BCUT2D eigenvalue weighted by atomic mass is 16.5. The maximum atomic E-state index is 13.3. The molecule has 5 rings (SSSR count). The van der Waals surface area contributed by atoms with Crippen LogP contribution in [0, 0.1) is 5.92 Å². The summed E-state index contributed by atoms with van der Waals surface area (Å²) in [5.74, 6) is 1.14. The van der Waals surface area contributed by atoms with Crippen molar-refractivity contribution in [1.82, 2.24) is 25.8 Å². The Morgan fingerprint density at radius 2 is 1.97 bits per heavy atom. The summed E-state index contributed by atoms with van der Waals surface area (Å²) in [6, 6.07) is 19.3. The lowest BCUT2D eigenvalue weighted by atomic mass is 10.0. The van der Waals surface area contributed by atoms with Crippen LogP contribution in [-0.2, 0) is 0 Å². The minimum Gasteiger partial charge on any atom is -0.490 e. The Kier molecular flexibility index (Phi) is 7.21. The monoisotopic (exact) mass is 495 g/mol. The summed E-state index contributed by atoms with van der Waals surface area (Å²) in [6.07, 6.45) is 5.69. The maximum Gasteiger partial charge on any atom is 0.251 e. The number of hydrogen-bond acceptors (Lipinski definition) is 5. The molecule has 0 spiro atoms. The zero-order chi connectivity index (χ0) is 25.8. The van der Waals surface area contributed by atoms with Crippen molar-refractivity contribution in [1.29, 1.82) is 0 Å². The van der Waals surface area contributed by atoms with Gasteiger partial charge in [0, 0.05) is 41.9 Å². The predicted octanol–water partition coefficient (Wildman–Crippen LogP) is 5.79. The van der Waals surface area contributed by atoms with E-state index >= 15 is 0 Å². The number of nitrogens with zero attached hydrogens (tertiary/aromatic N) is 2. The number of carbonyl (C=O) groups is 1. The number of aromatic amines is 1. The first-order valence-corrected chi connectivity index (χ1v) is 12.9. The average Bonchev–Trinajstić information content (AvgIpc) is 3.70. The third-order valence-corrected chi connectivity index (χ3v) is 6.92. The first kappa shape index (κ1) is 24.6. The van der Waals surface area contributed by atoms with E-state index in [-0.39, 0.29) is 18.1 Å². The van der Waals surface area contributed by atoms with E-state index in [0.29, 0.717) is 11.5 Å². The molecule has 2 unspecified atom stereocenters. The SMILES string of the molecule is C=C(CC(CC)Oc1ccc(-c2n[nH]c3ccc(C(=O)NC(c4ccccn4)C4CC4)cc23)cc1)NC. The van der Waals surface area contributed by atoms with Gasteiger partial charge in [-0.3, -0.25) is 14.9 Å². The van der Waals surface area contributed by atoms with Crippen LogP contribution < -0.4 is 15.4 Å². The first-order chi connectivity index (χ1) is 18.1. The van der Waals surface area contributed by atoms with E-state index in [1.807, 2.05) is 67.7 Å². The number of carbonyl (C=O) groups excluding carboxylic acids is 1. The molecule has 3 N–H and O–H groups in total. The molecule has 37 heavy (non-hydrogen) atoms. The van der Waals surface area contributed by atoms with Crippen LogP contribution in [0.1, 0.15) is 54.7 Å². The van der Waals surface area contributed by atoms with Crippen LogP contribution in [0.15, 0.2) is 79.1 Å². The molecule has 2 heterocycles. The molecule has 0 saturated heterocycles. The maximum absolute atomic E-state index is 13.3. The van der Waals surface area contributed by atoms with Crippen molar-refractivity contribution in [2.75, 3.05) is 7.05 Å². The van der Waals surface area contributed by atoms with Crippen LogP contribution in [0.2, 0.25) is 0 Å². The van der Waals surface area contributed by atoms with Crippen molar-refractivity contribution in [3.63, 3.8) is 0 Å². The van der Waals surface area contributed by atoms with Gasteiger partial charge in [-0.2, -0.15) is 5.10 Å². The quantitative estimate of drug-likeness (QED) is 0.245. The van der Waals surface area contributed by atoms with Crippen LogP contribution in [0.25, 0.3) is 22.2 Å². The third-order valence-electron chi connectivity index (χ3n) is 6.92. The average molecular weight is 496 g/mol. The largest absolute Gasteiger partial charge is 0.490 e. The van der Waals surface area contributed by atoms with E-state index in [2.05, 4.69) is 39.3 Å². The fourth-order valence-electron chi connectivity index (χ4n) is 4.55. The summed E-state index contributed by atoms with van der Waals surface area (Å²) >= 11 is 0. The Bertz CT molecular complexity index is 1380. The van der Waals surface area contributed by atoms with E-state index in [1.165, 1.54) is 0 Å². The van der Waals surface area contributed by atoms with Gasteiger partial charge in [-0.25, -0.2) is 0 Å². The lowest BCUT2D eigenvalue weighted by Crippen LogP contribution is -2.30. The van der Waals surface area contributed by atoms with E-state index < -0.39 is 0 Å². The fraction of sp³-hybridized carbons (Fsp3) is 0.300. The molecule has 1 aliphatic rings. The van der Waals surface area contributed by atoms with E-state index in [4.69, 9.17) is 4.74 Å². The first-order valence-electron chi connectivity index (χ1n) is 12.9. The van der Waals surface area contributed by atoms with Crippen molar-refractivity contribution in [3.05, 3.63) is 90.4 Å². The van der Waals surface area contributed by atoms with Gasteiger partial charge in [-0.05, 0) is 79.8 Å². The molecule has 1 saturated carbocycles. The summed E-state index contributed by atoms with van der Waals surface area (Å²) in [4.78, 5) is 17.7. The molecule has 2 aromatic heterocycles. The topological polar surface area (TPSA) is 91.9 Å². The summed E-state index contributed by atoms with van der Waals surface area (Å²) in [5.41, 5.74) is 5.10. The Balaban J connectivity index is 1.34. The molecule has 7 nitrogen and oxygen atoms in total.